The summed E-state index contributed by atoms with van der Waals surface area (Å²) in [7, 11) is 0. The van der Waals surface area contributed by atoms with E-state index in [1.807, 2.05) is 19.2 Å². The normalized spacial score (nSPS) is 10.1. The number of pyridine rings is 1. The molecule has 0 aliphatic rings. The minimum atomic E-state index is 0.723. The first kappa shape index (κ1) is 11.3. The van der Waals surface area contributed by atoms with Crippen LogP contribution >= 0.6 is 22.6 Å². The van der Waals surface area contributed by atoms with Gasteiger partial charge in [0.15, 0.2) is 0 Å². The van der Waals surface area contributed by atoms with E-state index in [0.717, 1.165) is 27.2 Å². The van der Waals surface area contributed by atoms with E-state index in [-0.39, 0.29) is 0 Å². The fraction of sp³-hybridized carbons (Fsp3) is 0.182. The molecule has 5 heteroatoms. The third-order valence-corrected chi connectivity index (χ3v) is 2.89. The van der Waals surface area contributed by atoms with Gasteiger partial charge in [-0.15, -0.1) is 0 Å². The summed E-state index contributed by atoms with van der Waals surface area (Å²) < 4.78 is 1.01. The first-order chi connectivity index (χ1) is 7.75. The molecule has 1 N–H and O–H groups in total. The fourth-order valence-corrected chi connectivity index (χ4v) is 1.72. The van der Waals surface area contributed by atoms with Gasteiger partial charge < -0.3 is 5.32 Å². The number of aryl methyl sites for hydroxylation is 1. The maximum atomic E-state index is 4.24. The van der Waals surface area contributed by atoms with Crippen LogP contribution in [-0.2, 0) is 6.54 Å². The standard InChI is InChI=1S/C11H11IN4/c1-8-2-3-9(4-14-8)5-15-11-10(12)6-13-7-16-11/h2-4,6-7H,5H2,1H3,(H,13,15,16). The van der Waals surface area contributed by atoms with Crippen LogP contribution in [0.2, 0.25) is 0 Å². The fourth-order valence-electron chi connectivity index (χ4n) is 1.23. The minimum Gasteiger partial charge on any atom is -0.365 e. The van der Waals surface area contributed by atoms with Gasteiger partial charge in [-0.1, -0.05) is 6.07 Å². The highest BCUT2D eigenvalue weighted by Gasteiger charge is 2.00. The number of nitrogens with one attached hydrogen (secondary N) is 1. The summed E-state index contributed by atoms with van der Waals surface area (Å²) in [5, 5.41) is 3.25. The molecule has 0 saturated heterocycles. The van der Waals surface area contributed by atoms with Crippen molar-refractivity contribution in [3.05, 3.63) is 45.7 Å². The van der Waals surface area contributed by atoms with E-state index < -0.39 is 0 Å². The molecule has 2 rings (SSSR count). The van der Waals surface area contributed by atoms with Crippen LogP contribution < -0.4 is 5.32 Å². The van der Waals surface area contributed by atoms with E-state index in [4.69, 9.17) is 0 Å². The van der Waals surface area contributed by atoms with Gasteiger partial charge in [0.2, 0.25) is 0 Å². The molecule has 16 heavy (non-hydrogen) atoms. The zero-order valence-corrected chi connectivity index (χ0v) is 11.0. The van der Waals surface area contributed by atoms with E-state index in [9.17, 15) is 0 Å². The number of anilines is 1. The maximum Gasteiger partial charge on any atom is 0.143 e. The Morgan fingerprint density at radius 2 is 2.12 bits per heavy atom. The SMILES string of the molecule is Cc1ccc(CNc2ncncc2I)cn1. The predicted octanol–water partition coefficient (Wildman–Crippen LogP) is 2.40. The molecule has 4 nitrogen and oxygen atoms in total. The second-order valence-electron chi connectivity index (χ2n) is 3.38. The van der Waals surface area contributed by atoms with Gasteiger partial charge in [-0.3, -0.25) is 4.98 Å². The van der Waals surface area contributed by atoms with Crippen molar-refractivity contribution in [1.82, 2.24) is 15.0 Å². The van der Waals surface area contributed by atoms with Crippen molar-refractivity contribution in [3.63, 3.8) is 0 Å². The molecular formula is C11H11IN4. The molecule has 0 aliphatic carbocycles. The van der Waals surface area contributed by atoms with Gasteiger partial charge in [0.25, 0.3) is 0 Å². The van der Waals surface area contributed by atoms with E-state index in [2.05, 4.69) is 48.9 Å². The average molecular weight is 326 g/mol. The molecule has 0 unspecified atom stereocenters. The molecule has 2 aromatic heterocycles. The highest BCUT2D eigenvalue weighted by atomic mass is 127. The van der Waals surface area contributed by atoms with E-state index in [0.29, 0.717) is 0 Å². The number of nitrogens with zero attached hydrogens (tertiary/aromatic N) is 3. The molecule has 0 atom stereocenters. The Morgan fingerprint density at radius 3 is 2.81 bits per heavy atom. The third kappa shape index (κ3) is 2.88. The Hall–Kier alpha value is -1.24. The summed E-state index contributed by atoms with van der Waals surface area (Å²) >= 11 is 2.21. The largest absolute Gasteiger partial charge is 0.365 e. The Balaban J connectivity index is 2.02. The van der Waals surface area contributed by atoms with Gasteiger partial charge in [0, 0.05) is 24.6 Å². The van der Waals surface area contributed by atoms with Gasteiger partial charge in [-0.2, -0.15) is 0 Å². The number of aromatic nitrogens is 3. The molecule has 2 aromatic rings. The molecule has 82 valence electrons. The lowest BCUT2D eigenvalue weighted by Crippen LogP contribution is -2.03. The number of rotatable bonds is 3. The summed E-state index contributed by atoms with van der Waals surface area (Å²) in [6.45, 7) is 2.70. The zero-order chi connectivity index (χ0) is 11.4. The quantitative estimate of drug-likeness (QED) is 0.880. The average Bonchev–Trinajstić information content (AvgIpc) is 2.30. The van der Waals surface area contributed by atoms with Crippen molar-refractivity contribution in [2.24, 2.45) is 0 Å². The Labute approximate surface area is 108 Å². The Morgan fingerprint density at radius 1 is 1.25 bits per heavy atom. The molecule has 0 spiro atoms. The van der Waals surface area contributed by atoms with Crippen LogP contribution in [0.15, 0.2) is 30.9 Å². The van der Waals surface area contributed by atoms with Crippen LogP contribution in [0.5, 0.6) is 0 Å². The highest BCUT2D eigenvalue weighted by Crippen LogP contribution is 2.13. The van der Waals surface area contributed by atoms with Crippen LogP contribution in [0.1, 0.15) is 11.3 Å². The van der Waals surface area contributed by atoms with Gasteiger partial charge in [0.1, 0.15) is 12.1 Å². The summed E-state index contributed by atoms with van der Waals surface area (Å²) in [5.41, 5.74) is 2.17. The highest BCUT2D eigenvalue weighted by molar-refractivity contribution is 14.1. The second-order valence-corrected chi connectivity index (χ2v) is 4.54. The molecule has 0 amide bonds. The van der Waals surface area contributed by atoms with Crippen molar-refractivity contribution in [2.75, 3.05) is 5.32 Å². The summed E-state index contributed by atoms with van der Waals surface area (Å²) in [6.07, 6.45) is 5.19. The topological polar surface area (TPSA) is 50.7 Å². The van der Waals surface area contributed by atoms with E-state index in [1.165, 1.54) is 6.33 Å². The van der Waals surface area contributed by atoms with E-state index in [1.54, 1.807) is 6.20 Å². The van der Waals surface area contributed by atoms with Gasteiger partial charge >= 0.3 is 0 Å². The van der Waals surface area contributed by atoms with Crippen molar-refractivity contribution in [1.29, 1.82) is 0 Å². The molecule has 2 heterocycles. The third-order valence-electron chi connectivity index (χ3n) is 2.10. The van der Waals surface area contributed by atoms with Gasteiger partial charge in [0.05, 0.1) is 3.57 Å². The smallest absolute Gasteiger partial charge is 0.143 e. The van der Waals surface area contributed by atoms with Crippen molar-refractivity contribution in [3.8, 4) is 0 Å². The van der Waals surface area contributed by atoms with Gasteiger partial charge in [-0.25, -0.2) is 9.97 Å². The Bertz CT molecular complexity index is 470. The maximum absolute atomic E-state index is 4.24. The number of hydrogen-bond acceptors (Lipinski definition) is 4. The molecule has 0 aromatic carbocycles. The lowest BCUT2D eigenvalue weighted by molar-refractivity contribution is 1.05. The van der Waals surface area contributed by atoms with Crippen LogP contribution in [0.25, 0.3) is 0 Å². The predicted molar refractivity (Wildman–Crippen MR) is 71.0 cm³/mol. The Kier molecular flexibility index (Phi) is 3.66. The summed E-state index contributed by atoms with van der Waals surface area (Å²) in [6, 6.07) is 4.06. The van der Waals surface area contributed by atoms with Gasteiger partial charge in [-0.05, 0) is 41.1 Å². The lowest BCUT2D eigenvalue weighted by atomic mass is 10.2. The molecule has 0 fully saturated rings. The first-order valence-corrected chi connectivity index (χ1v) is 5.94. The lowest BCUT2D eigenvalue weighted by Gasteiger charge is -2.06. The van der Waals surface area contributed by atoms with E-state index >= 15 is 0 Å². The van der Waals surface area contributed by atoms with Crippen molar-refractivity contribution >= 4 is 28.4 Å². The summed E-state index contributed by atoms with van der Waals surface area (Å²) in [5.74, 6) is 0.858. The molecule has 0 radical (unpaired) electrons. The minimum absolute atomic E-state index is 0.723. The first-order valence-electron chi connectivity index (χ1n) is 4.86. The number of halogens is 1. The van der Waals surface area contributed by atoms with Crippen molar-refractivity contribution < 1.29 is 0 Å². The van der Waals surface area contributed by atoms with Crippen LogP contribution in [0.3, 0.4) is 0 Å². The second kappa shape index (κ2) is 5.20. The molecule has 0 aliphatic heterocycles. The number of hydrogen-bond donors (Lipinski definition) is 1. The monoisotopic (exact) mass is 326 g/mol. The van der Waals surface area contributed by atoms with Crippen molar-refractivity contribution in [2.45, 2.75) is 13.5 Å². The molecule has 0 saturated carbocycles. The van der Waals surface area contributed by atoms with Crippen LogP contribution in [0.4, 0.5) is 5.82 Å². The molecular weight excluding hydrogens is 315 g/mol. The zero-order valence-electron chi connectivity index (χ0n) is 8.81. The van der Waals surface area contributed by atoms with Crippen LogP contribution in [0, 0.1) is 10.5 Å². The van der Waals surface area contributed by atoms with Crippen LogP contribution in [-0.4, -0.2) is 15.0 Å². The molecule has 0 bridgehead atoms. The summed E-state index contributed by atoms with van der Waals surface area (Å²) in [4.78, 5) is 12.3.